The minimum absolute atomic E-state index is 1.51. The number of hydrogen-bond donors (Lipinski definition) is 0. The molecule has 0 aliphatic carbocycles. The first-order valence-corrected chi connectivity index (χ1v) is 14.3. The van der Waals surface area contributed by atoms with Gasteiger partial charge < -0.3 is 0 Å². The van der Waals surface area contributed by atoms with Gasteiger partial charge in [0.25, 0.3) is 0 Å². The quantitative estimate of drug-likeness (QED) is 0.707. The minimum atomic E-state index is -1.63. The molecule has 0 N–H and O–H groups in total. The summed E-state index contributed by atoms with van der Waals surface area (Å²) in [5.74, 6) is 0. The van der Waals surface area contributed by atoms with Gasteiger partial charge in [-0.25, -0.2) is 0 Å². The van der Waals surface area contributed by atoms with Crippen LogP contribution < -0.4 is 7.16 Å². The molecule has 0 aliphatic heterocycles. The molecule has 68 valence electrons. The van der Waals surface area contributed by atoms with Crippen LogP contribution in [0.4, 0.5) is 0 Å². The topological polar surface area (TPSA) is 0 Å². The molecule has 0 fully saturated rings. The second-order valence-electron chi connectivity index (χ2n) is 3.06. The van der Waals surface area contributed by atoms with Crippen molar-refractivity contribution in [2.45, 2.75) is 0 Å². The van der Waals surface area contributed by atoms with Crippen LogP contribution in [-0.4, -0.2) is 29.1 Å². The fourth-order valence-electron chi connectivity index (χ4n) is 1.35. The zero-order valence-corrected chi connectivity index (χ0v) is 12.2. The maximum atomic E-state index is 3.41. The summed E-state index contributed by atoms with van der Waals surface area (Å²) in [7, 11) is 0. The molecule has 2 aromatic rings. The van der Waals surface area contributed by atoms with E-state index in [9.17, 15) is 0 Å². The van der Waals surface area contributed by atoms with Gasteiger partial charge in [0.15, 0.2) is 0 Å². The van der Waals surface area contributed by atoms with Gasteiger partial charge >= 0.3 is 97.0 Å². The number of benzene rings is 2. The van der Waals surface area contributed by atoms with E-state index in [0.29, 0.717) is 0 Å². The van der Waals surface area contributed by atoms with Crippen LogP contribution in [0.3, 0.4) is 0 Å². The molecule has 0 atom stereocenters. The van der Waals surface area contributed by atoms with Crippen molar-refractivity contribution in [3.63, 3.8) is 0 Å². The van der Waals surface area contributed by atoms with Crippen molar-refractivity contribution in [2.24, 2.45) is 0 Å². The zero-order valence-electron chi connectivity index (χ0n) is 7.68. The summed E-state index contributed by atoms with van der Waals surface area (Å²) in [6, 6.07) is 21.6. The van der Waals surface area contributed by atoms with E-state index in [1.807, 2.05) is 0 Å². The van der Waals surface area contributed by atoms with Gasteiger partial charge in [0.1, 0.15) is 0 Å². The van der Waals surface area contributed by atoms with E-state index in [4.69, 9.17) is 0 Å². The standard InChI is InChI=1S/2C6H5.Se.Sn/c2*1-2-4-6-5-3-1;;/h2*1-5H;;. The molecule has 0 aromatic heterocycles. The van der Waals surface area contributed by atoms with Crippen molar-refractivity contribution in [3.05, 3.63) is 60.7 Å². The van der Waals surface area contributed by atoms with Gasteiger partial charge in [0.2, 0.25) is 0 Å². The molecule has 2 heteroatoms. The molecular weight excluding hydrogens is 342 g/mol. The van der Waals surface area contributed by atoms with Crippen LogP contribution in [-0.2, 0) is 0 Å². The van der Waals surface area contributed by atoms with Gasteiger partial charge in [0.05, 0.1) is 0 Å². The molecule has 0 bridgehead atoms. The third-order valence-corrected chi connectivity index (χ3v) is 13.6. The molecule has 0 heterocycles. The fourth-order valence-corrected chi connectivity index (χ4v) is 8.95. The van der Waals surface area contributed by atoms with E-state index < -0.39 is 16.9 Å². The van der Waals surface area contributed by atoms with Crippen molar-refractivity contribution in [1.82, 2.24) is 0 Å². The Bertz CT molecular complexity index is 381. The summed E-state index contributed by atoms with van der Waals surface area (Å²) in [6.07, 6.45) is 0. The second-order valence-corrected chi connectivity index (χ2v) is 14.0. The monoisotopic (exact) mass is 354 g/mol. The Morgan fingerprint density at radius 1 is 0.643 bits per heavy atom. The Morgan fingerprint density at radius 3 is 1.36 bits per heavy atom. The van der Waals surface area contributed by atoms with Crippen molar-refractivity contribution in [2.75, 3.05) is 0 Å². The summed E-state index contributed by atoms with van der Waals surface area (Å²) in [5.41, 5.74) is 0. The van der Waals surface area contributed by atoms with E-state index in [2.05, 4.69) is 72.9 Å². The van der Waals surface area contributed by atoms with E-state index in [0.717, 1.165) is 0 Å². The molecule has 2 aromatic carbocycles. The number of hydrogen-bond acceptors (Lipinski definition) is 0. The van der Waals surface area contributed by atoms with E-state index in [-0.39, 0.29) is 0 Å². The summed E-state index contributed by atoms with van der Waals surface area (Å²) in [4.78, 5) is 0. The van der Waals surface area contributed by atoms with Crippen molar-refractivity contribution >= 4 is 36.3 Å². The van der Waals surface area contributed by atoms with Crippen LogP contribution in [0.5, 0.6) is 0 Å². The molecular formula is C12H10SeSn. The van der Waals surface area contributed by atoms with Crippen molar-refractivity contribution in [3.8, 4) is 0 Å². The van der Waals surface area contributed by atoms with E-state index in [1.54, 1.807) is 0 Å². The predicted molar refractivity (Wildman–Crippen MR) is 63.7 cm³/mol. The van der Waals surface area contributed by atoms with E-state index >= 15 is 0 Å². The van der Waals surface area contributed by atoms with Crippen LogP contribution in [0.25, 0.3) is 0 Å². The summed E-state index contributed by atoms with van der Waals surface area (Å²) in [6.45, 7) is 0. The third-order valence-electron chi connectivity index (χ3n) is 2.07. The van der Waals surface area contributed by atoms with Gasteiger partial charge in [-0.3, -0.25) is 0 Å². The first kappa shape index (κ1) is 10.3. The summed E-state index contributed by atoms with van der Waals surface area (Å²) < 4.78 is 3.03. The van der Waals surface area contributed by atoms with Gasteiger partial charge in [-0.2, -0.15) is 0 Å². The predicted octanol–water partition coefficient (Wildman–Crippen LogP) is 0.961. The van der Waals surface area contributed by atoms with Crippen molar-refractivity contribution in [1.29, 1.82) is 0 Å². The average molecular weight is 352 g/mol. The molecule has 14 heavy (non-hydrogen) atoms. The van der Waals surface area contributed by atoms with E-state index in [1.165, 1.54) is 7.16 Å². The normalized spacial score (nSPS) is 9.71. The molecule has 0 unspecified atom stereocenters. The summed E-state index contributed by atoms with van der Waals surface area (Å²) in [5, 5.41) is 0. The summed E-state index contributed by atoms with van der Waals surface area (Å²) >= 11 is 1.78. The third kappa shape index (κ3) is 2.41. The second kappa shape index (κ2) is 5.01. The van der Waals surface area contributed by atoms with Crippen LogP contribution in [0.2, 0.25) is 0 Å². The Morgan fingerprint density at radius 2 is 1.00 bits per heavy atom. The molecule has 0 saturated heterocycles. The zero-order chi connectivity index (χ0) is 9.80. The average Bonchev–Trinajstić information content (AvgIpc) is 2.30. The molecule has 0 radical (unpaired) electrons. The van der Waals surface area contributed by atoms with Gasteiger partial charge in [-0.15, -0.1) is 0 Å². The Labute approximate surface area is 96.4 Å². The van der Waals surface area contributed by atoms with Crippen molar-refractivity contribution < 1.29 is 0 Å². The Hall–Kier alpha value is -0.242. The van der Waals surface area contributed by atoms with Gasteiger partial charge in [0, 0.05) is 0 Å². The molecule has 0 spiro atoms. The van der Waals surface area contributed by atoms with Crippen LogP contribution in [0, 0.1) is 0 Å². The molecule has 0 aliphatic rings. The van der Waals surface area contributed by atoms with Crippen LogP contribution >= 0.6 is 0 Å². The SMILES string of the molecule is [Se]=[Sn]([c]1ccccc1)[c]1ccccc1. The first-order chi connectivity index (χ1) is 6.88. The Balaban J connectivity index is 2.35. The molecule has 0 nitrogen and oxygen atoms in total. The van der Waals surface area contributed by atoms with Crippen LogP contribution in [0.1, 0.15) is 0 Å². The first-order valence-electron chi connectivity index (χ1n) is 4.53. The Kier molecular flexibility index (Phi) is 3.68. The molecule has 0 amide bonds. The molecule has 2 rings (SSSR count). The number of rotatable bonds is 2. The maximum absolute atomic E-state index is 3.41. The van der Waals surface area contributed by atoms with Crippen LogP contribution in [0.15, 0.2) is 60.7 Å². The van der Waals surface area contributed by atoms with Gasteiger partial charge in [-0.05, 0) is 0 Å². The van der Waals surface area contributed by atoms with Gasteiger partial charge in [-0.1, -0.05) is 0 Å². The fraction of sp³-hybridized carbons (Fsp3) is 0. The molecule has 0 saturated carbocycles.